The van der Waals surface area contributed by atoms with Crippen LogP contribution in [0.15, 0.2) is 18.3 Å². The molecule has 1 aliphatic rings. The van der Waals surface area contributed by atoms with Gasteiger partial charge >= 0.3 is 0 Å². The summed E-state index contributed by atoms with van der Waals surface area (Å²) in [6.45, 7) is 2.85. The summed E-state index contributed by atoms with van der Waals surface area (Å²) in [5, 5.41) is 2.73. The number of amides is 1. The lowest BCUT2D eigenvalue weighted by atomic mass is 10.2. The molecule has 1 amide bonds. The zero-order chi connectivity index (χ0) is 13.0. The minimum absolute atomic E-state index is 0.163. The summed E-state index contributed by atoms with van der Waals surface area (Å²) in [7, 11) is 0. The molecule has 1 fully saturated rings. The molecule has 1 saturated carbocycles. The van der Waals surface area contributed by atoms with Crippen molar-refractivity contribution in [3.63, 3.8) is 0 Å². The van der Waals surface area contributed by atoms with Gasteiger partial charge in [-0.1, -0.05) is 6.07 Å². The maximum Gasteiger partial charge on any atom is 0.236 e. The summed E-state index contributed by atoms with van der Waals surface area (Å²) in [5.41, 5.74) is 6.38. The maximum atomic E-state index is 11.3. The highest BCUT2D eigenvalue weighted by atomic mass is 16.5. The highest BCUT2D eigenvalue weighted by molar-refractivity contribution is 5.80. The van der Waals surface area contributed by atoms with E-state index in [2.05, 4.69) is 10.3 Å². The lowest BCUT2D eigenvalue weighted by Crippen LogP contribution is -2.37. The van der Waals surface area contributed by atoms with E-state index in [4.69, 9.17) is 10.5 Å². The topological polar surface area (TPSA) is 77.2 Å². The standard InChI is InChI=1S/C13H19N3O2/c1-9(14)13(17)16-7-11-4-5-12(15-6-11)18-8-10-2-3-10/h4-6,9-10H,2-3,7-8,14H2,1H3,(H,16,17). The van der Waals surface area contributed by atoms with Crippen molar-refractivity contribution in [2.24, 2.45) is 11.7 Å². The van der Waals surface area contributed by atoms with Crippen molar-refractivity contribution in [2.75, 3.05) is 6.61 Å². The number of nitrogens with zero attached hydrogens (tertiary/aromatic N) is 1. The fourth-order valence-electron chi connectivity index (χ4n) is 1.44. The van der Waals surface area contributed by atoms with E-state index in [-0.39, 0.29) is 5.91 Å². The summed E-state index contributed by atoms with van der Waals surface area (Å²) in [4.78, 5) is 15.5. The fraction of sp³-hybridized carbons (Fsp3) is 0.538. The number of nitrogens with two attached hydrogens (primary N) is 1. The summed E-state index contributed by atoms with van der Waals surface area (Å²) in [6, 6.07) is 3.24. The fourth-order valence-corrected chi connectivity index (χ4v) is 1.44. The van der Waals surface area contributed by atoms with E-state index in [1.807, 2.05) is 12.1 Å². The Kier molecular flexibility index (Phi) is 4.15. The average molecular weight is 249 g/mol. The number of carbonyl (C=O) groups is 1. The first kappa shape index (κ1) is 12.8. The second kappa shape index (κ2) is 5.82. The number of ether oxygens (including phenoxy) is 1. The van der Waals surface area contributed by atoms with Crippen molar-refractivity contribution in [1.82, 2.24) is 10.3 Å². The number of rotatable bonds is 6. The Hall–Kier alpha value is -1.62. The number of hydrogen-bond donors (Lipinski definition) is 2. The molecule has 18 heavy (non-hydrogen) atoms. The third-order valence-electron chi connectivity index (χ3n) is 2.84. The number of nitrogens with one attached hydrogen (secondary N) is 1. The second-order valence-corrected chi connectivity index (χ2v) is 4.77. The zero-order valence-corrected chi connectivity index (χ0v) is 10.6. The number of pyridine rings is 1. The van der Waals surface area contributed by atoms with Gasteiger partial charge < -0.3 is 15.8 Å². The second-order valence-electron chi connectivity index (χ2n) is 4.77. The van der Waals surface area contributed by atoms with E-state index < -0.39 is 6.04 Å². The summed E-state index contributed by atoms with van der Waals surface area (Å²) in [5.74, 6) is 1.20. The van der Waals surface area contributed by atoms with Gasteiger partial charge in [0.25, 0.3) is 0 Å². The van der Waals surface area contributed by atoms with Gasteiger partial charge in [-0.2, -0.15) is 0 Å². The molecule has 0 aromatic carbocycles. The van der Waals surface area contributed by atoms with Crippen LogP contribution in [0.25, 0.3) is 0 Å². The average Bonchev–Trinajstić information content (AvgIpc) is 3.18. The molecular formula is C13H19N3O2. The molecule has 1 unspecified atom stereocenters. The van der Waals surface area contributed by atoms with E-state index in [0.29, 0.717) is 12.4 Å². The van der Waals surface area contributed by atoms with Crippen molar-refractivity contribution < 1.29 is 9.53 Å². The Morgan fingerprint density at radius 2 is 2.39 bits per heavy atom. The zero-order valence-electron chi connectivity index (χ0n) is 10.6. The van der Waals surface area contributed by atoms with E-state index in [0.717, 1.165) is 18.1 Å². The SMILES string of the molecule is CC(N)C(=O)NCc1ccc(OCC2CC2)nc1. The minimum Gasteiger partial charge on any atom is -0.477 e. The molecule has 0 radical (unpaired) electrons. The highest BCUT2D eigenvalue weighted by Gasteiger charge is 2.21. The Balaban J connectivity index is 1.77. The molecule has 3 N–H and O–H groups in total. The predicted octanol–water partition coefficient (Wildman–Crippen LogP) is 0.834. The molecule has 0 aliphatic heterocycles. The number of hydrogen-bond acceptors (Lipinski definition) is 4. The molecule has 5 heteroatoms. The largest absolute Gasteiger partial charge is 0.477 e. The van der Waals surface area contributed by atoms with Crippen LogP contribution in [0, 0.1) is 5.92 Å². The van der Waals surface area contributed by atoms with E-state index in [9.17, 15) is 4.79 Å². The lowest BCUT2D eigenvalue weighted by Gasteiger charge is -2.08. The van der Waals surface area contributed by atoms with Gasteiger partial charge in [0, 0.05) is 18.8 Å². The van der Waals surface area contributed by atoms with Gasteiger partial charge in [-0.05, 0) is 31.2 Å². The Labute approximate surface area is 107 Å². The number of aromatic nitrogens is 1. The highest BCUT2D eigenvalue weighted by Crippen LogP contribution is 2.29. The van der Waals surface area contributed by atoms with Gasteiger partial charge in [-0.15, -0.1) is 0 Å². The molecule has 1 atom stereocenters. The maximum absolute atomic E-state index is 11.3. The molecular weight excluding hydrogens is 230 g/mol. The van der Waals surface area contributed by atoms with Crippen LogP contribution in [0.1, 0.15) is 25.3 Å². The summed E-state index contributed by atoms with van der Waals surface area (Å²) in [6.07, 6.45) is 4.24. The quantitative estimate of drug-likeness (QED) is 0.783. The summed E-state index contributed by atoms with van der Waals surface area (Å²) >= 11 is 0. The van der Waals surface area contributed by atoms with Crippen LogP contribution in [-0.2, 0) is 11.3 Å². The molecule has 2 rings (SSSR count). The molecule has 1 heterocycles. The first-order valence-corrected chi connectivity index (χ1v) is 6.26. The van der Waals surface area contributed by atoms with Crippen LogP contribution in [0.4, 0.5) is 0 Å². The molecule has 0 bridgehead atoms. The molecule has 5 nitrogen and oxygen atoms in total. The van der Waals surface area contributed by atoms with E-state index in [1.54, 1.807) is 13.1 Å². The molecule has 1 aromatic rings. The molecule has 0 saturated heterocycles. The van der Waals surface area contributed by atoms with Crippen molar-refractivity contribution in [1.29, 1.82) is 0 Å². The van der Waals surface area contributed by atoms with Crippen molar-refractivity contribution in [2.45, 2.75) is 32.4 Å². The van der Waals surface area contributed by atoms with Crippen LogP contribution in [0.3, 0.4) is 0 Å². The Bertz CT molecular complexity index is 399. The molecule has 98 valence electrons. The van der Waals surface area contributed by atoms with Gasteiger partial charge in [0.2, 0.25) is 11.8 Å². The van der Waals surface area contributed by atoms with E-state index in [1.165, 1.54) is 12.8 Å². The smallest absolute Gasteiger partial charge is 0.236 e. The predicted molar refractivity (Wildman–Crippen MR) is 68.0 cm³/mol. The van der Waals surface area contributed by atoms with Crippen molar-refractivity contribution >= 4 is 5.91 Å². The molecule has 0 spiro atoms. The van der Waals surface area contributed by atoms with Crippen LogP contribution >= 0.6 is 0 Å². The van der Waals surface area contributed by atoms with Crippen molar-refractivity contribution in [3.05, 3.63) is 23.9 Å². The monoisotopic (exact) mass is 249 g/mol. The summed E-state index contributed by atoms with van der Waals surface area (Å²) < 4.78 is 5.53. The number of carbonyl (C=O) groups excluding carboxylic acids is 1. The van der Waals surface area contributed by atoms with Gasteiger partial charge in [-0.3, -0.25) is 4.79 Å². The molecule has 1 aliphatic carbocycles. The molecule has 1 aromatic heterocycles. The van der Waals surface area contributed by atoms with Crippen LogP contribution in [0.5, 0.6) is 5.88 Å². The van der Waals surface area contributed by atoms with Gasteiger partial charge in [0.15, 0.2) is 0 Å². The lowest BCUT2D eigenvalue weighted by molar-refractivity contribution is -0.122. The van der Waals surface area contributed by atoms with Crippen LogP contribution < -0.4 is 15.8 Å². The first-order valence-electron chi connectivity index (χ1n) is 6.26. The van der Waals surface area contributed by atoms with Crippen LogP contribution in [-0.4, -0.2) is 23.5 Å². The van der Waals surface area contributed by atoms with Gasteiger partial charge in [0.05, 0.1) is 12.6 Å². The van der Waals surface area contributed by atoms with Gasteiger partial charge in [0.1, 0.15) is 0 Å². The third kappa shape index (κ3) is 4.00. The van der Waals surface area contributed by atoms with Crippen molar-refractivity contribution in [3.8, 4) is 5.88 Å². The van der Waals surface area contributed by atoms with Gasteiger partial charge in [-0.25, -0.2) is 4.98 Å². The Morgan fingerprint density at radius 1 is 1.61 bits per heavy atom. The third-order valence-corrected chi connectivity index (χ3v) is 2.84. The minimum atomic E-state index is -0.487. The van der Waals surface area contributed by atoms with E-state index >= 15 is 0 Å². The Morgan fingerprint density at radius 3 is 2.94 bits per heavy atom. The van der Waals surface area contributed by atoms with Crippen LogP contribution in [0.2, 0.25) is 0 Å². The first-order chi connectivity index (χ1) is 8.65. The normalized spacial score (nSPS) is 16.1.